The largest absolute Gasteiger partial charge is 0.345 e. The van der Waals surface area contributed by atoms with E-state index in [-0.39, 0.29) is 15.7 Å². The average molecular weight is 453 g/mol. The van der Waals surface area contributed by atoms with E-state index in [4.69, 9.17) is 0 Å². The van der Waals surface area contributed by atoms with Gasteiger partial charge in [-0.2, -0.15) is 4.31 Å². The van der Waals surface area contributed by atoms with Crippen LogP contribution in [-0.2, 0) is 17.1 Å². The Bertz CT molecular complexity index is 1210. The van der Waals surface area contributed by atoms with E-state index in [0.717, 1.165) is 36.3 Å². The van der Waals surface area contributed by atoms with E-state index in [1.54, 1.807) is 12.4 Å². The molecule has 1 aromatic carbocycles. The topological polar surface area (TPSA) is 84.3 Å². The van der Waals surface area contributed by atoms with E-state index < -0.39 is 27.6 Å². The number of hydrogen-bond acceptors (Lipinski definition) is 5. The molecule has 0 bridgehead atoms. The van der Waals surface area contributed by atoms with E-state index in [1.165, 1.54) is 27.2 Å². The first-order valence-corrected chi connectivity index (χ1v) is 11.5. The lowest BCUT2D eigenvalue weighted by Crippen LogP contribution is -2.27. The van der Waals surface area contributed by atoms with Gasteiger partial charge in [-0.1, -0.05) is 0 Å². The average Bonchev–Trinajstić information content (AvgIpc) is 3.44. The van der Waals surface area contributed by atoms with E-state index in [2.05, 4.69) is 10.3 Å². The fraction of sp³-hybridized carbons (Fsp3) is 0.263. The van der Waals surface area contributed by atoms with Crippen molar-refractivity contribution in [3.63, 3.8) is 0 Å². The van der Waals surface area contributed by atoms with Gasteiger partial charge in [0, 0.05) is 37.3 Å². The molecule has 3 heterocycles. The molecule has 4 rings (SSSR count). The highest BCUT2D eigenvalue weighted by Crippen LogP contribution is 2.27. The van der Waals surface area contributed by atoms with Crippen molar-refractivity contribution >= 4 is 32.4 Å². The Morgan fingerprint density at radius 1 is 1.17 bits per heavy atom. The SMILES string of the molecule is Cn1cc(S(=O)(=O)N2CCCC2)cc1C(=O)Nc1nc(-c2ccc(F)c(F)c2)cs1. The Kier molecular flexibility index (Phi) is 5.43. The molecule has 0 aliphatic carbocycles. The number of carbonyl (C=O) groups is 1. The third kappa shape index (κ3) is 3.87. The summed E-state index contributed by atoms with van der Waals surface area (Å²) in [5.41, 5.74) is 0.930. The van der Waals surface area contributed by atoms with E-state index >= 15 is 0 Å². The van der Waals surface area contributed by atoms with Gasteiger partial charge in [0.15, 0.2) is 16.8 Å². The number of carbonyl (C=O) groups excluding carboxylic acids is 1. The highest BCUT2D eigenvalue weighted by atomic mass is 32.2. The van der Waals surface area contributed by atoms with Crippen molar-refractivity contribution in [3.05, 3.63) is 53.2 Å². The Labute approximate surface area is 176 Å². The number of aryl methyl sites for hydroxylation is 1. The van der Waals surface area contributed by atoms with Crippen molar-refractivity contribution in [3.8, 4) is 11.3 Å². The first kappa shape index (κ1) is 20.6. The highest BCUT2D eigenvalue weighted by molar-refractivity contribution is 7.89. The standard InChI is InChI=1S/C19H18F2N4O3S2/c1-24-10-13(30(27,28)25-6-2-3-7-25)9-17(24)18(26)23-19-22-16(11-29-19)12-4-5-14(20)15(21)8-12/h4-5,8-11H,2-3,6-7H2,1H3,(H,22,23,26). The lowest BCUT2D eigenvalue weighted by atomic mass is 10.2. The molecule has 0 spiro atoms. The first-order valence-electron chi connectivity index (χ1n) is 9.14. The maximum absolute atomic E-state index is 13.4. The van der Waals surface area contributed by atoms with Crippen LogP contribution < -0.4 is 5.32 Å². The summed E-state index contributed by atoms with van der Waals surface area (Å²) in [5.74, 6) is -2.46. The summed E-state index contributed by atoms with van der Waals surface area (Å²) in [5, 5.41) is 4.48. The fourth-order valence-corrected chi connectivity index (χ4v) is 5.56. The second-order valence-electron chi connectivity index (χ2n) is 6.90. The van der Waals surface area contributed by atoms with Crippen LogP contribution in [0.25, 0.3) is 11.3 Å². The molecule has 0 saturated carbocycles. The summed E-state index contributed by atoms with van der Waals surface area (Å²) in [7, 11) is -2.04. The first-order chi connectivity index (χ1) is 14.3. The Hall–Kier alpha value is -2.63. The van der Waals surface area contributed by atoms with E-state index in [9.17, 15) is 22.0 Å². The molecule has 1 saturated heterocycles. The molecule has 3 aromatic rings. The molecule has 1 fully saturated rings. The third-order valence-electron chi connectivity index (χ3n) is 4.86. The Morgan fingerprint density at radius 3 is 2.60 bits per heavy atom. The summed E-state index contributed by atoms with van der Waals surface area (Å²) >= 11 is 1.12. The molecule has 1 amide bonds. The zero-order valence-corrected chi connectivity index (χ0v) is 17.6. The summed E-state index contributed by atoms with van der Waals surface area (Å²) in [6, 6.07) is 4.77. The van der Waals surface area contributed by atoms with Crippen molar-refractivity contribution in [1.82, 2.24) is 13.9 Å². The van der Waals surface area contributed by atoms with Gasteiger partial charge >= 0.3 is 0 Å². The predicted molar refractivity (Wildman–Crippen MR) is 109 cm³/mol. The van der Waals surface area contributed by atoms with Crippen LogP contribution in [0.3, 0.4) is 0 Å². The van der Waals surface area contributed by atoms with Crippen LogP contribution in [-0.4, -0.2) is 41.3 Å². The number of halogens is 2. The van der Waals surface area contributed by atoms with Gasteiger partial charge in [-0.15, -0.1) is 11.3 Å². The smallest absolute Gasteiger partial charge is 0.274 e. The van der Waals surface area contributed by atoms with Crippen LogP contribution in [0.4, 0.5) is 13.9 Å². The molecular weight excluding hydrogens is 434 g/mol. The number of rotatable bonds is 5. The van der Waals surface area contributed by atoms with Crippen molar-refractivity contribution in [1.29, 1.82) is 0 Å². The molecule has 1 N–H and O–H groups in total. The number of amides is 1. The molecule has 2 aromatic heterocycles. The molecule has 7 nitrogen and oxygen atoms in total. The number of anilines is 1. The molecule has 158 valence electrons. The number of nitrogens with zero attached hydrogens (tertiary/aromatic N) is 3. The van der Waals surface area contributed by atoms with Gasteiger partial charge in [-0.25, -0.2) is 22.2 Å². The number of benzene rings is 1. The second-order valence-corrected chi connectivity index (χ2v) is 9.70. The van der Waals surface area contributed by atoms with Crippen LogP contribution in [0.2, 0.25) is 0 Å². The lowest BCUT2D eigenvalue weighted by molar-refractivity contribution is 0.101. The summed E-state index contributed by atoms with van der Waals surface area (Å²) < 4.78 is 54.8. The van der Waals surface area contributed by atoms with Crippen molar-refractivity contribution in [2.75, 3.05) is 18.4 Å². The summed E-state index contributed by atoms with van der Waals surface area (Å²) in [6.07, 6.45) is 3.06. The number of aromatic nitrogens is 2. The maximum Gasteiger partial charge on any atom is 0.274 e. The van der Waals surface area contributed by atoms with Gasteiger partial charge in [-0.05, 0) is 37.1 Å². The van der Waals surface area contributed by atoms with Gasteiger partial charge in [0.1, 0.15) is 10.6 Å². The van der Waals surface area contributed by atoms with Crippen LogP contribution in [0.1, 0.15) is 23.3 Å². The highest BCUT2D eigenvalue weighted by Gasteiger charge is 2.29. The number of sulfonamides is 1. The predicted octanol–water partition coefficient (Wildman–Crippen LogP) is 3.46. The minimum atomic E-state index is -3.63. The lowest BCUT2D eigenvalue weighted by Gasteiger charge is -2.13. The van der Waals surface area contributed by atoms with Crippen LogP contribution in [0, 0.1) is 11.6 Å². The molecule has 0 radical (unpaired) electrons. The zero-order valence-electron chi connectivity index (χ0n) is 15.9. The van der Waals surface area contributed by atoms with Gasteiger partial charge in [0.2, 0.25) is 10.0 Å². The van der Waals surface area contributed by atoms with E-state index in [0.29, 0.717) is 24.3 Å². The maximum atomic E-state index is 13.4. The van der Waals surface area contributed by atoms with Gasteiger partial charge in [0.25, 0.3) is 5.91 Å². The molecular formula is C19H18F2N4O3S2. The minimum absolute atomic E-state index is 0.0682. The Morgan fingerprint density at radius 2 is 1.90 bits per heavy atom. The number of hydrogen-bond donors (Lipinski definition) is 1. The monoisotopic (exact) mass is 452 g/mol. The summed E-state index contributed by atoms with van der Waals surface area (Å²) in [6.45, 7) is 0.954. The fourth-order valence-electron chi connectivity index (χ4n) is 3.26. The zero-order chi connectivity index (χ0) is 21.5. The number of thiazole rings is 1. The number of nitrogens with one attached hydrogen (secondary N) is 1. The van der Waals surface area contributed by atoms with Crippen molar-refractivity contribution < 1.29 is 22.0 Å². The molecule has 1 aliphatic rings. The van der Waals surface area contributed by atoms with Crippen LogP contribution in [0.15, 0.2) is 40.7 Å². The summed E-state index contributed by atoms with van der Waals surface area (Å²) in [4.78, 5) is 17.0. The van der Waals surface area contributed by atoms with E-state index in [1.807, 2.05) is 0 Å². The van der Waals surface area contributed by atoms with Crippen molar-refractivity contribution in [2.24, 2.45) is 7.05 Å². The molecule has 0 atom stereocenters. The molecule has 0 unspecified atom stereocenters. The molecule has 1 aliphatic heterocycles. The molecule has 11 heteroatoms. The quantitative estimate of drug-likeness (QED) is 0.643. The van der Waals surface area contributed by atoms with Crippen LogP contribution >= 0.6 is 11.3 Å². The third-order valence-corrected chi connectivity index (χ3v) is 7.48. The van der Waals surface area contributed by atoms with Gasteiger partial charge in [-0.3, -0.25) is 10.1 Å². The van der Waals surface area contributed by atoms with Gasteiger partial charge < -0.3 is 4.57 Å². The van der Waals surface area contributed by atoms with Crippen molar-refractivity contribution in [2.45, 2.75) is 17.7 Å². The minimum Gasteiger partial charge on any atom is -0.345 e. The molecule has 30 heavy (non-hydrogen) atoms. The van der Waals surface area contributed by atoms with Gasteiger partial charge in [0.05, 0.1) is 5.69 Å². The normalized spacial score (nSPS) is 14.9. The Balaban J connectivity index is 1.53. The second kappa shape index (κ2) is 7.89. The van der Waals surface area contributed by atoms with Crippen LogP contribution in [0.5, 0.6) is 0 Å².